The van der Waals surface area contributed by atoms with E-state index in [0.717, 1.165) is 6.42 Å². The van der Waals surface area contributed by atoms with Crippen molar-refractivity contribution in [2.45, 2.75) is 19.4 Å². The highest BCUT2D eigenvalue weighted by Crippen LogP contribution is 2.07. The van der Waals surface area contributed by atoms with E-state index in [1.54, 1.807) is 0 Å². The first kappa shape index (κ1) is 10.6. The second kappa shape index (κ2) is 5.27. The van der Waals surface area contributed by atoms with Gasteiger partial charge in [-0.2, -0.15) is 12.6 Å². The average molecular weight is 197 g/mol. The summed E-state index contributed by atoms with van der Waals surface area (Å²) in [6.45, 7) is 2.07. The molecule has 2 nitrogen and oxygen atoms in total. The Bertz CT molecular complexity index is 244. The molecule has 1 unspecified atom stereocenters. The molecule has 1 atom stereocenters. The molecule has 0 spiro atoms. The molecule has 0 saturated carbocycles. The summed E-state index contributed by atoms with van der Waals surface area (Å²) >= 11 is 4.14. The van der Waals surface area contributed by atoms with Crippen LogP contribution in [0, 0.1) is 6.92 Å². The molecule has 0 saturated heterocycles. The van der Waals surface area contributed by atoms with Crippen molar-refractivity contribution in [1.29, 1.82) is 0 Å². The van der Waals surface area contributed by atoms with Crippen molar-refractivity contribution < 1.29 is 4.84 Å². The van der Waals surface area contributed by atoms with E-state index in [4.69, 9.17) is 10.7 Å². The van der Waals surface area contributed by atoms with Crippen molar-refractivity contribution in [3.8, 4) is 0 Å². The van der Waals surface area contributed by atoms with Gasteiger partial charge in [0, 0.05) is 12.2 Å². The van der Waals surface area contributed by atoms with Crippen LogP contribution in [-0.4, -0.2) is 11.9 Å². The maximum absolute atomic E-state index is 5.11. The molecule has 1 aromatic rings. The molecule has 0 amide bonds. The summed E-state index contributed by atoms with van der Waals surface area (Å²) in [5.41, 5.74) is 2.50. The molecule has 72 valence electrons. The molecule has 3 heteroatoms. The van der Waals surface area contributed by atoms with Crippen molar-refractivity contribution in [3.63, 3.8) is 0 Å². The summed E-state index contributed by atoms with van der Waals surface area (Å²) < 4.78 is 0. The molecule has 0 fully saturated rings. The average Bonchev–Trinajstić information content (AvgIpc) is 2.17. The summed E-state index contributed by atoms with van der Waals surface area (Å²) in [4.78, 5) is 4.76. The summed E-state index contributed by atoms with van der Waals surface area (Å²) in [6.07, 6.45) is 0.825. The molecule has 1 aromatic carbocycles. The first-order chi connectivity index (χ1) is 6.26. The normalized spacial score (nSPS) is 12.8. The van der Waals surface area contributed by atoms with Crippen molar-refractivity contribution in [2.75, 3.05) is 5.75 Å². The van der Waals surface area contributed by atoms with E-state index in [1.807, 2.05) is 0 Å². The Hall–Kier alpha value is -0.510. The van der Waals surface area contributed by atoms with Crippen LogP contribution in [-0.2, 0) is 11.3 Å². The van der Waals surface area contributed by atoms with Crippen LogP contribution in [0.25, 0.3) is 0 Å². The van der Waals surface area contributed by atoms with Gasteiger partial charge in [-0.05, 0) is 12.5 Å². The zero-order valence-corrected chi connectivity index (χ0v) is 8.63. The number of thiol groups is 1. The quantitative estimate of drug-likeness (QED) is 0.569. The number of hydrogen-bond acceptors (Lipinski definition) is 3. The fourth-order valence-electron chi connectivity index (χ4n) is 1.14. The van der Waals surface area contributed by atoms with Crippen LogP contribution in [0.5, 0.6) is 0 Å². The van der Waals surface area contributed by atoms with Crippen molar-refractivity contribution in [1.82, 2.24) is 0 Å². The van der Waals surface area contributed by atoms with E-state index in [1.165, 1.54) is 11.1 Å². The molecule has 0 heterocycles. The van der Waals surface area contributed by atoms with Crippen LogP contribution in [0.15, 0.2) is 24.3 Å². The molecule has 0 aromatic heterocycles. The van der Waals surface area contributed by atoms with Crippen LogP contribution in [0.3, 0.4) is 0 Å². The van der Waals surface area contributed by atoms with E-state index < -0.39 is 0 Å². The fourth-order valence-corrected chi connectivity index (χ4v) is 1.36. The lowest BCUT2D eigenvalue weighted by molar-refractivity contribution is 0.0706. The Labute approximate surface area is 84.5 Å². The zero-order valence-electron chi connectivity index (χ0n) is 7.73. The largest absolute Gasteiger partial charge is 0.300 e. The fraction of sp³-hybridized carbons (Fsp3) is 0.400. The number of benzene rings is 1. The van der Waals surface area contributed by atoms with Gasteiger partial charge in [-0.15, -0.1) is 0 Å². The molecule has 0 aliphatic carbocycles. The number of hydrogen-bond donors (Lipinski definition) is 2. The highest BCUT2D eigenvalue weighted by Gasteiger charge is 2.05. The standard InChI is InChI=1S/C10H15NOS/c1-8-2-4-9(5-3-8)6-10(7-13)12-11/h2-5,10,13H,6-7,11H2,1H3. The molecular formula is C10H15NOS. The van der Waals surface area contributed by atoms with Gasteiger partial charge in [-0.1, -0.05) is 29.8 Å². The van der Waals surface area contributed by atoms with Gasteiger partial charge in [0.15, 0.2) is 0 Å². The molecule has 13 heavy (non-hydrogen) atoms. The van der Waals surface area contributed by atoms with Gasteiger partial charge in [-0.3, -0.25) is 0 Å². The van der Waals surface area contributed by atoms with Gasteiger partial charge in [0.1, 0.15) is 0 Å². The molecule has 0 aliphatic heterocycles. The molecule has 1 rings (SSSR count). The molecular weight excluding hydrogens is 182 g/mol. The maximum Gasteiger partial charge on any atom is 0.0915 e. The van der Waals surface area contributed by atoms with Crippen LogP contribution in [0.1, 0.15) is 11.1 Å². The lowest BCUT2D eigenvalue weighted by Gasteiger charge is -2.11. The van der Waals surface area contributed by atoms with Crippen molar-refractivity contribution >= 4 is 12.6 Å². The van der Waals surface area contributed by atoms with Crippen LogP contribution < -0.4 is 5.90 Å². The third-order valence-electron chi connectivity index (χ3n) is 1.98. The predicted octanol–water partition coefficient (Wildman–Crippen LogP) is 1.73. The second-order valence-electron chi connectivity index (χ2n) is 3.13. The summed E-state index contributed by atoms with van der Waals surface area (Å²) in [5.74, 6) is 5.76. The Morgan fingerprint density at radius 1 is 1.38 bits per heavy atom. The lowest BCUT2D eigenvalue weighted by Crippen LogP contribution is -2.21. The van der Waals surface area contributed by atoms with E-state index in [2.05, 4.69) is 43.8 Å². The van der Waals surface area contributed by atoms with Crippen LogP contribution in [0.4, 0.5) is 0 Å². The number of aryl methyl sites for hydroxylation is 1. The Morgan fingerprint density at radius 3 is 2.46 bits per heavy atom. The zero-order chi connectivity index (χ0) is 9.68. The molecule has 0 radical (unpaired) electrons. The molecule has 2 N–H and O–H groups in total. The van der Waals surface area contributed by atoms with Gasteiger partial charge in [0.05, 0.1) is 6.10 Å². The van der Waals surface area contributed by atoms with Gasteiger partial charge in [-0.25, -0.2) is 5.90 Å². The van der Waals surface area contributed by atoms with Gasteiger partial charge >= 0.3 is 0 Å². The highest BCUT2D eigenvalue weighted by molar-refractivity contribution is 7.80. The van der Waals surface area contributed by atoms with E-state index in [9.17, 15) is 0 Å². The minimum Gasteiger partial charge on any atom is -0.300 e. The Kier molecular flexibility index (Phi) is 4.28. The first-order valence-electron chi connectivity index (χ1n) is 4.28. The third kappa shape index (κ3) is 3.38. The monoisotopic (exact) mass is 197 g/mol. The molecule has 0 bridgehead atoms. The second-order valence-corrected chi connectivity index (χ2v) is 3.50. The Morgan fingerprint density at radius 2 is 2.00 bits per heavy atom. The van der Waals surface area contributed by atoms with E-state index in [-0.39, 0.29) is 6.10 Å². The third-order valence-corrected chi connectivity index (χ3v) is 2.39. The Balaban J connectivity index is 2.58. The minimum atomic E-state index is 0.00559. The van der Waals surface area contributed by atoms with Gasteiger partial charge in [0.2, 0.25) is 0 Å². The van der Waals surface area contributed by atoms with Crippen LogP contribution >= 0.6 is 12.6 Å². The number of nitrogens with two attached hydrogens (primary N) is 1. The summed E-state index contributed by atoms with van der Waals surface area (Å²) in [5, 5.41) is 0. The van der Waals surface area contributed by atoms with Gasteiger partial charge in [0.25, 0.3) is 0 Å². The topological polar surface area (TPSA) is 35.2 Å². The predicted molar refractivity (Wildman–Crippen MR) is 57.8 cm³/mol. The van der Waals surface area contributed by atoms with Crippen molar-refractivity contribution in [3.05, 3.63) is 35.4 Å². The van der Waals surface area contributed by atoms with Crippen molar-refractivity contribution in [2.24, 2.45) is 5.90 Å². The highest BCUT2D eigenvalue weighted by atomic mass is 32.1. The summed E-state index contributed by atoms with van der Waals surface area (Å²) in [7, 11) is 0. The van der Waals surface area contributed by atoms with Crippen LogP contribution in [0.2, 0.25) is 0 Å². The maximum atomic E-state index is 5.11. The van der Waals surface area contributed by atoms with E-state index in [0.29, 0.717) is 5.75 Å². The van der Waals surface area contributed by atoms with E-state index >= 15 is 0 Å². The van der Waals surface area contributed by atoms with Gasteiger partial charge < -0.3 is 4.84 Å². The summed E-state index contributed by atoms with van der Waals surface area (Å²) in [6, 6.07) is 8.35. The smallest absolute Gasteiger partial charge is 0.0915 e. The lowest BCUT2D eigenvalue weighted by atomic mass is 10.1. The minimum absolute atomic E-state index is 0.00559. The molecule has 0 aliphatic rings. The number of rotatable bonds is 4. The SMILES string of the molecule is Cc1ccc(CC(CS)ON)cc1. The first-order valence-corrected chi connectivity index (χ1v) is 4.91.